The van der Waals surface area contributed by atoms with E-state index in [9.17, 15) is 0 Å². The molecule has 2 aromatic rings. The van der Waals surface area contributed by atoms with E-state index in [1.54, 1.807) is 18.4 Å². The highest BCUT2D eigenvalue weighted by molar-refractivity contribution is 7.09. The summed E-state index contributed by atoms with van der Waals surface area (Å²) in [6.07, 6.45) is 0. The number of aliphatic imine (C=N–C) groups is 1. The fourth-order valence-corrected chi connectivity index (χ4v) is 3.05. The molecular formula is C19H27N3O2S. The maximum absolute atomic E-state index is 5.71. The van der Waals surface area contributed by atoms with Crippen molar-refractivity contribution in [2.24, 2.45) is 4.99 Å². The Bertz CT molecular complexity index is 671. The summed E-state index contributed by atoms with van der Waals surface area (Å²) in [5, 5.41) is 8.83. The number of nitrogens with one attached hydrogen (secondary N) is 2. The summed E-state index contributed by atoms with van der Waals surface area (Å²) < 4.78 is 11.3. The lowest BCUT2D eigenvalue weighted by Gasteiger charge is -2.20. The van der Waals surface area contributed by atoms with E-state index in [-0.39, 0.29) is 6.04 Å². The molecule has 1 unspecified atom stereocenters. The first-order valence-electron chi connectivity index (χ1n) is 8.57. The monoisotopic (exact) mass is 361 g/mol. The average molecular weight is 362 g/mol. The number of nitrogens with zero attached hydrogens (tertiary/aromatic N) is 1. The van der Waals surface area contributed by atoms with Gasteiger partial charge in [-0.1, -0.05) is 12.1 Å². The van der Waals surface area contributed by atoms with Gasteiger partial charge in [-0.2, -0.15) is 0 Å². The Kier molecular flexibility index (Phi) is 7.60. The van der Waals surface area contributed by atoms with Gasteiger partial charge >= 0.3 is 0 Å². The zero-order chi connectivity index (χ0) is 18.1. The first-order chi connectivity index (χ1) is 12.2. The van der Waals surface area contributed by atoms with Crippen molar-refractivity contribution in [1.82, 2.24) is 10.6 Å². The molecule has 0 bridgehead atoms. The van der Waals surface area contributed by atoms with Crippen molar-refractivity contribution in [3.05, 3.63) is 46.2 Å². The smallest absolute Gasteiger partial charge is 0.191 e. The third-order valence-electron chi connectivity index (χ3n) is 3.65. The van der Waals surface area contributed by atoms with Crippen LogP contribution in [0.1, 0.15) is 37.3 Å². The minimum absolute atomic E-state index is 0.0874. The quantitative estimate of drug-likeness (QED) is 0.552. The van der Waals surface area contributed by atoms with Crippen molar-refractivity contribution < 1.29 is 9.47 Å². The lowest BCUT2D eigenvalue weighted by Crippen LogP contribution is -2.38. The predicted molar refractivity (Wildman–Crippen MR) is 105 cm³/mol. The van der Waals surface area contributed by atoms with E-state index in [0.717, 1.165) is 29.6 Å². The Morgan fingerprint density at radius 2 is 1.92 bits per heavy atom. The van der Waals surface area contributed by atoms with Gasteiger partial charge in [0.05, 0.1) is 25.8 Å². The van der Waals surface area contributed by atoms with Crippen LogP contribution >= 0.6 is 11.3 Å². The standard InChI is InChI=1S/C19H27N3O2S/c1-5-23-17-10-9-15(12-18(17)24-6-2)14(3)22-19(20-4)21-13-16-8-7-11-25-16/h7-12,14H,5-6,13H2,1-4H3,(H2,20,21,22). The second kappa shape index (κ2) is 9.93. The van der Waals surface area contributed by atoms with E-state index >= 15 is 0 Å². The largest absolute Gasteiger partial charge is 0.490 e. The van der Waals surface area contributed by atoms with Gasteiger partial charge in [0.25, 0.3) is 0 Å². The predicted octanol–water partition coefficient (Wildman–Crippen LogP) is 3.97. The molecule has 0 spiro atoms. The van der Waals surface area contributed by atoms with Gasteiger partial charge in [0, 0.05) is 11.9 Å². The topological polar surface area (TPSA) is 54.9 Å². The molecule has 1 aromatic carbocycles. The Labute approximate surface area is 154 Å². The van der Waals surface area contributed by atoms with E-state index in [1.165, 1.54) is 4.88 Å². The van der Waals surface area contributed by atoms with E-state index < -0.39 is 0 Å². The van der Waals surface area contributed by atoms with Crippen LogP contribution in [0, 0.1) is 0 Å². The van der Waals surface area contributed by atoms with Crippen LogP contribution in [0.4, 0.5) is 0 Å². The Hall–Kier alpha value is -2.21. The fourth-order valence-electron chi connectivity index (χ4n) is 2.40. The summed E-state index contributed by atoms with van der Waals surface area (Å²) in [5.41, 5.74) is 1.12. The molecule has 0 amide bonds. The maximum Gasteiger partial charge on any atom is 0.191 e. The van der Waals surface area contributed by atoms with Crippen LogP contribution in [0.5, 0.6) is 11.5 Å². The minimum Gasteiger partial charge on any atom is -0.490 e. The van der Waals surface area contributed by atoms with Gasteiger partial charge in [-0.05, 0) is 49.9 Å². The highest BCUT2D eigenvalue weighted by atomic mass is 32.1. The molecule has 2 rings (SSSR count). The van der Waals surface area contributed by atoms with Gasteiger partial charge in [0.2, 0.25) is 0 Å². The van der Waals surface area contributed by atoms with Crippen molar-refractivity contribution in [2.45, 2.75) is 33.4 Å². The highest BCUT2D eigenvalue weighted by Gasteiger charge is 2.12. The maximum atomic E-state index is 5.71. The molecular weight excluding hydrogens is 334 g/mol. The molecule has 0 aliphatic rings. The van der Waals surface area contributed by atoms with E-state index in [0.29, 0.717) is 13.2 Å². The van der Waals surface area contributed by atoms with Crippen LogP contribution in [-0.4, -0.2) is 26.2 Å². The summed E-state index contributed by atoms with van der Waals surface area (Å²) in [4.78, 5) is 5.58. The van der Waals surface area contributed by atoms with Crippen molar-refractivity contribution in [1.29, 1.82) is 0 Å². The molecule has 136 valence electrons. The van der Waals surface area contributed by atoms with Gasteiger partial charge in [-0.25, -0.2) is 0 Å². The molecule has 1 aromatic heterocycles. The van der Waals surface area contributed by atoms with E-state index in [1.807, 2.05) is 26.0 Å². The second-order valence-electron chi connectivity index (χ2n) is 5.44. The molecule has 25 heavy (non-hydrogen) atoms. The number of hydrogen-bond donors (Lipinski definition) is 2. The zero-order valence-corrected chi connectivity index (χ0v) is 16.2. The minimum atomic E-state index is 0.0874. The second-order valence-corrected chi connectivity index (χ2v) is 6.48. The molecule has 0 saturated heterocycles. The normalized spacial score (nSPS) is 12.6. The molecule has 6 heteroatoms. The van der Waals surface area contributed by atoms with Crippen LogP contribution in [-0.2, 0) is 6.54 Å². The molecule has 2 N–H and O–H groups in total. The number of benzene rings is 1. The SMILES string of the molecule is CCOc1ccc(C(C)NC(=NC)NCc2cccs2)cc1OCC. The van der Waals surface area contributed by atoms with Gasteiger partial charge in [0.15, 0.2) is 17.5 Å². The molecule has 0 radical (unpaired) electrons. The zero-order valence-electron chi connectivity index (χ0n) is 15.3. The van der Waals surface area contributed by atoms with Crippen molar-refractivity contribution in [3.63, 3.8) is 0 Å². The number of thiophene rings is 1. The van der Waals surface area contributed by atoms with Crippen molar-refractivity contribution >= 4 is 17.3 Å². The molecule has 0 fully saturated rings. The van der Waals surface area contributed by atoms with Gasteiger partial charge in [-0.15, -0.1) is 11.3 Å². The summed E-state index contributed by atoms with van der Waals surface area (Å²) in [5.74, 6) is 2.32. The first-order valence-corrected chi connectivity index (χ1v) is 9.45. The molecule has 0 aliphatic carbocycles. The first kappa shape index (κ1) is 19.1. The highest BCUT2D eigenvalue weighted by Crippen LogP contribution is 2.30. The molecule has 1 atom stereocenters. The fraction of sp³-hybridized carbons (Fsp3) is 0.421. The molecule has 5 nitrogen and oxygen atoms in total. The summed E-state index contributed by atoms with van der Waals surface area (Å²) >= 11 is 1.73. The lowest BCUT2D eigenvalue weighted by molar-refractivity contribution is 0.287. The number of guanidine groups is 1. The Morgan fingerprint density at radius 3 is 2.56 bits per heavy atom. The Balaban J connectivity index is 2.02. The van der Waals surface area contributed by atoms with Gasteiger partial charge in [0.1, 0.15) is 0 Å². The van der Waals surface area contributed by atoms with Crippen LogP contribution in [0.25, 0.3) is 0 Å². The summed E-state index contributed by atoms with van der Waals surface area (Å²) in [6, 6.07) is 10.3. The Morgan fingerprint density at radius 1 is 1.16 bits per heavy atom. The van der Waals surface area contributed by atoms with Crippen LogP contribution in [0.2, 0.25) is 0 Å². The molecule has 1 heterocycles. The summed E-state index contributed by atoms with van der Waals surface area (Å²) in [7, 11) is 1.78. The van der Waals surface area contributed by atoms with Gasteiger partial charge in [-0.3, -0.25) is 4.99 Å². The molecule has 0 aliphatic heterocycles. The van der Waals surface area contributed by atoms with Crippen molar-refractivity contribution in [3.8, 4) is 11.5 Å². The number of ether oxygens (including phenoxy) is 2. The summed E-state index contributed by atoms with van der Waals surface area (Å²) in [6.45, 7) is 8.03. The van der Waals surface area contributed by atoms with E-state index in [4.69, 9.17) is 9.47 Å². The van der Waals surface area contributed by atoms with Crippen LogP contribution in [0.3, 0.4) is 0 Å². The number of hydrogen-bond acceptors (Lipinski definition) is 4. The number of rotatable bonds is 8. The van der Waals surface area contributed by atoms with Crippen LogP contribution < -0.4 is 20.1 Å². The van der Waals surface area contributed by atoms with Gasteiger partial charge < -0.3 is 20.1 Å². The third-order valence-corrected chi connectivity index (χ3v) is 4.53. The lowest BCUT2D eigenvalue weighted by atomic mass is 10.1. The molecule has 0 saturated carbocycles. The van der Waals surface area contributed by atoms with Crippen LogP contribution in [0.15, 0.2) is 40.7 Å². The average Bonchev–Trinajstić information content (AvgIpc) is 3.13. The van der Waals surface area contributed by atoms with E-state index in [2.05, 4.69) is 46.1 Å². The van der Waals surface area contributed by atoms with Crippen molar-refractivity contribution in [2.75, 3.05) is 20.3 Å². The third kappa shape index (κ3) is 5.67.